The molecule has 0 bridgehead atoms. The summed E-state index contributed by atoms with van der Waals surface area (Å²) in [6, 6.07) is 4.88. The first-order valence-electron chi connectivity index (χ1n) is 6.05. The molecule has 0 unspecified atom stereocenters. The molecule has 3 rings (SSSR count). The number of hydrogen-bond donors (Lipinski definition) is 2. The van der Waals surface area contributed by atoms with Crippen LogP contribution < -0.4 is 5.32 Å². The molecule has 2 atom stereocenters. The first-order chi connectivity index (χ1) is 8.99. The Morgan fingerprint density at radius 3 is 2.84 bits per heavy atom. The lowest BCUT2D eigenvalue weighted by Gasteiger charge is -2.29. The molecule has 1 aliphatic rings. The van der Waals surface area contributed by atoms with Crippen LogP contribution in [0.5, 0.6) is 0 Å². The van der Waals surface area contributed by atoms with Gasteiger partial charge in [0, 0.05) is 11.4 Å². The Kier molecular flexibility index (Phi) is 2.35. The minimum atomic E-state index is -1.07. The van der Waals surface area contributed by atoms with Crippen molar-refractivity contribution in [2.24, 2.45) is 0 Å². The average Bonchev–Trinajstić information content (AvgIpc) is 2.75. The molecule has 0 fully saturated rings. The lowest BCUT2D eigenvalue weighted by atomic mass is 10.1. The first-order valence-corrected chi connectivity index (χ1v) is 6.05. The van der Waals surface area contributed by atoms with Crippen LogP contribution in [0.4, 0.5) is 0 Å². The van der Waals surface area contributed by atoms with Crippen LogP contribution in [0.15, 0.2) is 18.2 Å². The van der Waals surface area contributed by atoms with Crippen molar-refractivity contribution < 1.29 is 14.7 Å². The third-order valence-electron chi connectivity index (χ3n) is 3.63. The maximum atomic E-state index is 12.0. The van der Waals surface area contributed by atoms with E-state index in [0.717, 1.165) is 5.39 Å². The van der Waals surface area contributed by atoms with Crippen LogP contribution in [0.3, 0.4) is 0 Å². The Balaban J connectivity index is 2.31. The third-order valence-corrected chi connectivity index (χ3v) is 3.63. The average molecular weight is 259 g/mol. The molecule has 6 heteroatoms. The summed E-state index contributed by atoms with van der Waals surface area (Å²) in [5.41, 5.74) is 1.05. The number of fused-ring (bicyclic) bond motifs is 3. The van der Waals surface area contributed by atoms with Crippen LogP contribution in [0.2, 0.25) is 0 Å². The molecule has 3 heterocycles. The Hall–Kier alpha value is -2.37. The Labute approximate surface area is 109 Å². The molecule has 6 nitrogen and oxygen atoms in total. The van der Waals surface area contributed by atoms with E-state index in [-0.39, 0.29) is 23.7 Å². The first kappa shape index (κ1) is 11.7. The zero-order chi connectivity index (χ0) is 13.7. The number of pyridine rings is 1. The lowest BCUT2D eigenvalue weighted by Crippen LogP contribution is -2.44. The van der Waals surface area contributed by atoms with E-state index >= 15 is 0 Å². The van der Waals surface area contributed by atoms with E-state index in [0.29, 0.717) is 11.3 Å². The van der Waals surface area contributed by atoms with Gasteiger partial charge >= 0.3 is 5.97 Å². The number of carbonyl (C=O) groups is 2. The summed E-state index contributed by atoms with van der Waals surface area (Å²) in [6.45, 7) is 3.89. The molecule has 1 aliphatic heterocycles. The highest BCUT2D eigenvalue weighted by molar-refractivity contribution is 5.99. The molecule has 1 amide bonds. The molecule has 98 valence electrons. The number of aromatic nitrogens is 2. The van der Waals surface area contributed by atoms with Gasteiger partial charge in [0.15, 0.2) is 5.69 Å². The molecular weight excluding hydrogens is 246 g/mol. The zero-order valence-electron chi connectivity index (χ0n) is 10.5. The van der Waals surface area contributed by atoms with Gasteiger partial charge in [-0.15, -0.1) is 0 Å². The standard InChI is InChI=1S/C13H13N3O3/c1-6-7(2)16-10(12(17)14-6)5-8-3-4-9(13(18)19)15-11(8)16/h3-7H,1-2H3,(H,14,17)(H,18,19)/t6-,7-/m0/s1. The van der Waals surface area contributed by atoms with Crippen LogP contribution in [0.1, 0.15) is 40.9 Å². The highest BCUT2D eigenvalue weighted by atomic mass is 16.4. The van der Waals surface area contributed by atoms with E-state index in [1.165, 1.54) is 6.07 Å². The molecule has 2 aromatic rings. The van der Waals surface area contributed by atoms with Crippen LogP contribution in [0, 0.1) is 0 Å². The highest BCUT2D eigenvalue weighted by Gasteiger charge is 2.30. The summed E-state index contributed by atoms with van der Waals surface area (Å²) in [4.78, 5) is 27.1. The predicted octanol–water partition coefficient (Wildman–Crippen LogP) is 1.43. The molecule has 19 heavy (non-hydrogen) atoms. The van der Waals surface area contributed by atoms with Crippen molar-refractivity contribution in [3.63, 3.8) is 0 Å². The van der Waals surface area contributed by atoms with Gasteiger partial charge in [-0.05, 0) is 32.0 Å². The zero-order valence-corrected chi connectivity index (χ0v) is 10.5. The smallest absolute Gasteiger partial charge is 0.354 e. The Morgan fingerprint density at radius 2 is 2.16 bits per heavy atom. The van der Waals surface area contributed by atoms with Gasteiger partial charge in [0.2, 0.25) is 0 Å². The fraction of sp³-hybridized carbons (Fsp3) is 0.308. The second-order valence-electron chi connectivity index (χ2n) is 4.82. The Morgan fingerprint density at radius 1 is 1.42 bits per heavy atom. The lowest BCUT2D eigenvalue weighted by molar-refractivity contribution is 0.0690. The topological polar surface area (TPSA) is 84.2 Å². The van der Waals surface area contributed by atoms with Gasteiger partial charge in [-0.1, -0.05) is 0 Å². The predicted molar refractivity (Wildman–Crippen MR) is 68.3 cm³/mol. The molecule has 0 saturated carbocycles. The van der Waals surface area contributed by atoms with Gasteiger partial charge in [0.1, 0.15) is 11.3 Å². The largest absolute Gasteiger partial charge is 0.477 e. The van der Waals surface area contributed by atoms with Gasteiger partial charge in [-0.25, -0.2) is 9.78 Å². The van der Waals surface area contributed by atoms with Crippen molar-refractivity contribution in [3.8, 4) is 0 Å². The number of aromatic carboxylic acids is 1. The van der Waals surface area contributed by atoms with Gasteiger partial charge in [-0.2, -0.15) is 0 Å². The number of hydrogen-bond acceptors (Lipinski definition) is 3. The fourth-order valence-electron chi connectivity index (χ4n) is 2.43. The van der Waals surface area contributed by atoms with Gasteiger partial charge in [0.05, 0.1) is 6.04 Å². The minimum absolute atomic E-state index is 0.0146. The summed E-state index contributed by atoms with van der Waals surface area (Å²) in [7, 11) is 0. The van der Waals surface area contributed by atoms with Gasteiger partial charge in [0.25, 0.3) is 5.91 Å². The number of carboxylic acids is 1. The molecule has 0 aliphatic carbocycles. The maximum Gasteiger partial charge on any atom is 0.354 e. The van der Waals surface area contributed by atoms with E-state index in [2.05, 4.69) is 10.3 Å². The van der Waals surface area contributed by atoms with Crippen molar-refractivity contribution in [3.05, 3.63) is 29.6 Å². The summed E-state index contributed by atoms with van der Waals surface area (Å²) < 4.78 is 1.81. The fourth-order valence-corrected chi connectivity index (χ4v) is 2.43. The number of amides is 1. The normalized spacial score (nSPS) is 22.1. The summed E-state index contributed by atoms with van der Waals surface area (Å²) in [5, 5.41) is 12.7. The van der Waals surface area contributed by atoms with E-state index in [1.54, 1.807) is 12.1 Å². The molecule has 0 aromatic carbocycles. The molecule has 2 aromatic heterocycles. The summed E-state index contributed by atoms with van der Waals surface area (Å²) in [5.74, 6) is -1.22. The van der Waals surface area contributed by atoms with Crippen LogP contribution in [-0.4, -0.2) is 32.6 Å². The second kappa shape index (κ2) is 3.81. The van der Waals surface area contributed by atoms with Gasteiger partial charge < -0.3 is 15.0 Å². The quantitative estimate of drug-likeness (QED) is 0.811. The minimum Gasteiger partial charge on any atom is -0.477 e. The second-order valence-corrected chi connectivity index (χ2v) is 4.82. The SMILES string of the molecule is C[C@@H]1NC(=O)c2cc3ccc(C(=O)O)nc3n2[C@H]1C. The van der Waals surface area contributed by atoms with E-state index in [9.17, 15) is 9.59 Å². The molecule has 0 saturated heterocycles. The number of nitrogens with one attached hydrogen (secondary N) is 1. The number of carbonyl (C=O) groups excluding carboxylic acids is 1. The van der Waals surface area contributed by atoms with E-state index < -0.39 is 5.97 Å². The number of carboxylic acid groups (broad SMARTS) is 1. The summed E-state index contributed by atoms with van der Waals surface area (Å²) >= 11 is 0. The van der Waals surface area contributed by atoms with Crippen molar-refractivity contribution in [2.45, 2.75) is 25.9 Å². The molecule has 0 radical (unpaired) electrons. The monoisotopic (exact) mass is 259 g/mol. The summed E-state index contributed by atoms with van der Waals surface area (Å²) in [6.07, 6.45) is 0. The van der Waals surface area contributed by atoms with Crippen molar-refractivity contribution in [2.75, 3.05) is 0 Å². The Bertz CT molecular complexity index is 704. The molecular formula is C13H13N3O3. The third kappa shape index (κ3) is 1.60. The van der Waals surface area contributed by atoms with Gasteiger partial charge in [-0.3, -0.25) is 4.79 Å². The molecule has 2 N–H and O–H groups in total. The highest BCUT2D eigenvalue weighted by Crippen LogP contribution is 2.28. The number of rotatable bonds is 1. The molecule has 0 spiro atoms. The van der Waals surface area contributed by atoms with Crippen LogP contribution >= 0.6 is 0 Å². The number of nitrogens with zero attached hydrogens (tertiary/aromatic N) is 2. The maximum absolute atomic E-state index is 12.0. The van der Waals surface area contributed by atoms with Crippen molar-refractivity contribution in [1.29, 1.82) is 0 Å². The van der Waals surface area contributed by atoms with E-state index in [1.807, 2.05) is 18.4 Å². The van der Waals surface area contributed by atoms with Crippen molar-refractivity contribution in [1.82, 2.24) is 14.9 Å². The van der Waals surface area contributed by atoms with Crippen molar-refractivity contribution >= 4 is 22.9 Å². The van der Waals surface area contributed by atoms with Crippen LogP contribution in [0.25, 0.3) is 11.0 Å². The van der Waals surface area contributed by atoms with E-state index in [4.69, 9.17) is 5.11 Å². The van der Waals surface area contributed by atoms with Crippen LogP contribution in [-0.2, 0) is 0 Å².